The summed E-state index contributed by atoms with van der Waals surface area (Å²) in [6, 6.07) is 21.4. The Hall–Kier alpha value is -2.00. The smallest absolute Gasteiger partial charge is 0.222 e. The molecule has 0 N–H and O–H groups in total. The van der Waals surface area contributed by atoms with E-state index < -0.39 is 0 Å². The van der Waals surface area contributed by atoms with Crippen LogP contribution in [-0.2, 0) is 4.79 Å². The Labute approximate surface area is 205 Å². The molecule has 1 aliphatic heterocycles. The number of carbonyl (C=O) groups excluding carboxylic acids is 1. The topological polar surface area (TPSA) is 20.3 Å². The molecule has 4 rings (SSSR count). The second kappa shape index (κ2) is 12.5. The molecule has 0 radical (unpaired) electrons. The molecular weight excluding hydrogens is 422 g/mol. The molecule has 1 saturated heterocycles. The van der Waals surface area contributed by atoms with Gasteiger partial charge in [0.25, 0.3) is 0 Å². The predicted octanol–water partition coefficient (Wildman–Crippen LogP) is 7.57. The standard InChI is InChI=1S/C30H39NOS/c32-30(31-21-20-24-12-10-11-17-27(24)23-31)19-9-3-8-18-28(33)22-29(25-13-4-1-5-14-25)26-15-6-2-7-16-26/h1-2,4-7,13-16,24,27,29H,3,8-12,17-23H2. The molecule has 2 atom stereocenters. The van der Waals surface area contributed by atoms with E-state index in [0.29, 0.717) is 18.2 Å². The van der Waals surface area contributed by atoms with Crippen LogP contribution in [0.1, 0.15) is 87.7 Å². The van der Waals surface area contributed by atoms with E-state index in [-0.39, 0.29) is 0 Å². The van der Waals surface area contributed by atoms with Crippen LogP contribution in [0.2, 0.25) is 0 Å². The summed E-state index contributed by atoms with van der Waals surface area (Å²) in [6.45, 7) is 2.01. The minimum absolute atomic E-state index is 0.323. The van der Waals surface area contributed by atoms with Gasteiger partial charge in [-0.05, 0) is 66.4 Å². The number of amides is 1. The summed E-state index contributed by atoms with van der Waals surface area (Å²) in [5, 5.41) is 0. The average Bonchev–Trinajstić information content (AvgIpc) is 2.87. The second-order valence-electron chi connectivity index (χ2n) is 10.1. The number of fused-ring (bicyclic) bond motifs is 1. The van der Waals surface area contributed by atoms with Gasteiger partial charge in [0, 0.05) is 25.4 Å². The van der Waals surface area contributed by atoms with Crippen LogP contribution in [0.4, 0.5) is 0 Å². The molecule has 1 saturated carbocycles. The molecule has 2 aromatic rings. The SMILES string of the molecule is O=C(CCCCCC(=S)CC(c1ccccc1)c1ccccc1)N1CCC2CCCCC2C1. The molecule has 0 spiro atoms. The van der Waals surface area contributed by atoms with Crippen LogP contribution in [0.25, 0.3) is 0 Å². The Morgan fingerprint density at radius 1 is 0.818 bits per heavy atom. The molecule has 3 heteroatoms. The first-order valence-corrected chi connectivity index (χ1v) is 13.5. The van der Waals surface area contributed by atoms with Gasteiger partial charge in [-0.3, -0.25) is 4.79 Å². The van der Waals surface area contributed by atoms with Gasteiger partial charge in [0.05, 0.1) is 0 Å². The van der Waals surface area contributed by atoms with Crippen molar-refractivity contribution in [2.75, 3.05) is 13.1 Å². The number of thiocarbonyl (C=S) groups is 1. The fourth-order valence-electron chi connectivity index (χ4n) is 5.89. The molecular formula is C30H39NOS. The summed E-state index contributed by atoms with van der Waals surface area (Å²) in [4.78, 5) is 16.0. The first-order chi connectivity index (χ1) is 16.2. The number of carbonyl (C=O) groups is 1. The summed E-state index contributed by atoms with van der Waals surface area (Å²) in [5.74, 6) is 2.37. The van der Waals surface area contributed by atoms with Crippen LogP contribution in [0, 0.1) is 11.8 Å². The number of benzene rings is 2. The van der Waals surface area contributed by atoms with Crippen molar-refractivity contribution in [3.8, 4) is 0 Å². The monoisotopic (exact) mass is 461 g/mol. The van der Waals surface area contributed by atoms with E-state index >= 15 is 0 Å². The lowest BCUT2D eigenvalue weighted by molar-refractivity contribution is -0.134. The van der Waals surface area contributed by atoms with E-state index in [1.54, 1.807) is 0 Å². The van der Waals surface area contributed by atoms with E-state index in [4.69, 9.17) is 12.2 Å². The predicted molar refractivity (Wildman–Crippen MR) is 142 cm³/mol. The third-order valence-corrected chi connectivity index (χ3v) is 8.20. The van der Waals surface area contributed by atoms with Crippen molar-refractivity contribution in [1.82, 2.24) is 4.90 Å². The fraction of sp³-hybridized carbons (Fsp3) is 0.533. The van der Waals surface area contributed by atoms with E-state index in [0.717, 1.165) is 61.9 Å². The minimum Gasteiger partial charge on any atom is -0.342 e. The Kier molecular flexibility index (Phi) is 9.11. The third-order valence-electron chi connectivity index (χ3n) is 7.83. The number of nitrogens with zero attached hydrogens (tertiary/aromatic N) is 1. The molecule has 0 bridgehead atoms. The van der Waals surface area contributed by atoms with Crippen LogP contribution in [0.5, 0.6) is 0 Å². The molecule has 33 heavy (non-hydrogen) atoms. The molecule has 176 valence electrons. The number of hydrogen-bond donors (Lipinski definition) is 0. The Morgan fingerprint density at radius 3 is 2.09 bits per heavy atom. The molecule has 2 nitrogen and oxygen atoms in total. The van der Waals surface area contributed by atoms with Crippen LogP contribution in [0.3, 0.4) is 0 Å². The molecule has 1 amide bonds. The van der Waals surface area contributed by atoms with Crippen molar-refractivity contribution in [3.05, 3.63) is 71.8 Å². The zero-order chi connectivity index (χ0) is 22.9. The van der Waals surface area contributed by atoms with Crippen molar-refractivity contribution in [3.63, 3.8) is 0 Å². The average molecular weight is 462 g/mol. The maximum Gasteiger partial charge on any atom is 0.222 e. The molecule has 1 heterocycles. The lowest BCUT2D eigenvalue weighted by atomic mass is 9.75. The van der Waals surface area contributed by atoms with Gasteiger partial charge in [0.1, 0.15) is 0 Å². The van der Waals surface area contributed by atoms with Gasteiger partial charge in [0.15, 0.2) is 0 Å². The number of rotatable bonds is 10. The number of hydrogen-bond acceptors (Lipinski definition) is 2. The zero-order valence-corrected chi connectivity index (χ0v) is 20.8. The lowest BCUT2D eigenvalue weighted by Crippen LogP contribution is -2.44. The number of likely N-dealkylation sites (tertiary alicyclic amines) is 1. The largest absolute Gasteiger partial charge is 0.342 e. The summed E-state index contributed by atoms with van der Waals surface area (Å²) < 4.78 is 0. The van der Waals surface area contributed by atoms with Crippen LogP contribution < -0.4 is 0 Å². The summed E-state index contributed by atoms with van der Waals surface area (Å²) in [7, 11) is 0. The maximum absolute atomic E-state index is 12.7. The van der Waals surface area contributed by atoms with Gasteiger partial charge in [-0.15, -0.1) is 0 Å². The van der Waals surface area contributed by atoms with Crippen LogP contribution >= 0.6 is 12.2 Å². The van der Waals surface area contributed by atoms with E-state index in [2.05, 4.69) is 65.6 Å². The van der Waals surface area contributed by atoms with Gasteiger partial charge < -0.3 is 4.90 Å². The van der Waals surface area contributed by atoms with Crippen LogP contribution in [0.15, 0.2) is 60.7 Å². The number of unbranched alkanes of at least 4 members (excludes halogenated alkanes) is 2. The first kappa shape index (κ1) is 24.1. The minimum atomic E-state index is 0.323. The first-order valence-electron chi connectivity index (χ1n) is 13.1. The van der Waals surface area contributed by atoms with Gasteiger partial charge in [0.2, 0.25) is 5.91 Å². The highest BCUT2D eigenvalue weighted by atomic mass is 32.1. The highest BCUT2D eigenvalue weighted by Gasteiger charge is 2.32. The van der Waals surface area contributed by atoms with Crippen molar-refractivity contribution in [1.29, 1.82) is 0 Å². The summed E-state index contributed by atoms with van der Waals surface area (Å²) in [5.41, 5.74) is 2.66. The van der Waals surface area contributed by atoms with E-state index in [9.17, 15) is 4.79 Å². The summed E-state index contributed by atoms with van der Waals surface area (Å²) >= 11 is 5.81. The van der Waals surface area contributed by atoms with Gasteiger partial charge in [-0.1, -0.05) is 98.6 Å². The molecule has 2 unspecified atom stereocenters. The van der Waals surface area contributed by atoms with Crippen molar-refractivity contribution in [2.45, 2.75) is 76.5 Å². The van der Waals surface area contributed by atoms with Gasteiger partial charge in [-0.25, -0.2) is 0 Å². The maximum atomic E-state index is 12.7. The van der Waals surface area contributed by atoms with Crippen LogP contribution in [-0.4, -0.2) is 28.8 Å². The lowest BCUT2D eigenvalue weighted by Gasteiger charge is -2.41. The zero-order valence-electron chi connectivity index (χ0n) is 20.0. The highest BCUT2D eigenvalue weighted by molar-refractivity contribution is 7.80. The van der Waals surface area contributed by atoms with Crippen molar-refractivity contribution in [2.24, 2.45) is 11.8 Å². The highest BCUT2D eigenvalue weighted by Crippen LogP contribution is 2.36. The molecule has 1 aliphatic carbocycles. The van der Waals surface area contributed by atoms with Gasteiger partial charge >= 0.3 is 0 Å². The summed E-state index contributed by atoms with van der Waals surface area (Å²) in [6.07, 6.45) is 12.5. The number of piperidine rings is 1. The van der Waals surface area contributed by atoms with Crippen molar-refractivity contribution >= 4 is 23.0 Å². The molecule has 2 aromatic carbocycles. The van der Waals surface area contributed by atoms with Gasteiger partial charge in [-0.2, -0.15) is 0 Å². The quantitative estimate of drug-likeness (QED) is 0.269. The van der Waals surface area contributed by atoms with E-state index in [1.165, 1.54) is 43.2 Å². The fourth-order valence-corrected chi connectivity index (χ4v) is 6.20. The Balaban J connectivity index is 1.18. The van der Waals surface area contributed by atoms with E-state index in [1.807, 2.05) is 0 Å². The Morgan fingerprint density at radius 2 is 1.42 bits per heavy atom. The third kappa shape index (κ3) is 6.99. The Bertz CT molecular complexity index is 841. The molecule has 2 aliphatic rings. The molecule has 2 fully saturated rings. The normalized spacial score (nSPS) is 20.5. The molecule has 0 aromatic heterocycles. The van der Waals surface area contributed by atoms with Crippen molar-refractivity contribution < 1.29 is 4.79 Å². The second-order valence-corrected chi connectivity index (χ2v) is 10.7.